The van der Waals surface area contributed by atoms with Crippen LogP contribution < -0.4 is 9.24 Å². The summed E-state index contributed by atoms with van der Waals surface area (Å²) in [4.78, 5) is 1.26. The summed E-state index contributed by atoms with van der Waals surface area (Å²) in [5.41, 5.74) is 1.12. The van der Waals surface area contributed by atoms with Crippen molar-refractivity contribution in [3.8, 4) is 16.2 Å². The Morgan fingerprint density at radius 1 is 1.28 bits per heavy atom. The average Bonchev–Trinajstić information content (AvgIpc) is 2.86. The number of rotatable bonds is 5. The average molecular weight is 297 g/mol. The Hall–Kier alpha value is -0.773. The van der Waals surface area contributed by atoms with Crippen molar-refractivity contribution in [3.63, 3.8) is 0 Å². The summed E-state index contributed by atoms with van der Waals surface area (Å²) >= 11 is 7.96. The molecule has 0 aliphatic heterocycles. The smallest absolute Gasteiger partial charge is 0.128 e. The van der Waals surface area contributed by atoms with E-state index in [1.54, 1.807) is 0 Å². The molecule has 0 atom stereocenters. The van der Waals surface area contributed by atoms with E-state index in [9.17, 15) is 0 Å². The number of halogens is 1. The van der Waals surface area contributed by atoms with Crippen molar-refractivity contribution in [1.82, 2.24) is 0 Å². The second-order valence-corrected chi connectivity index (χ2v) is 7.69. The third kappa shape index (κ3) is 3.16. The lowest BCUT2D eigenvalue weighted by molar-refractivity contribution is 0.319. The predicted octanol–water partition coefficient (Wildman–Crippen LogP) is 3.70. The van der Waals surface area contributed by atoms with E-state index >= 15 is 0 Å². The van der Waals surface area contributed by atoms with Gasteiger partial charge in [-0.2, -0.15) is 0 Å². The lowest BCUT2D eigenvalue weighted by atomic mass is 10.1. The van der Waals surface area contributed by atoms with Gasteiger partial charge < -0.3 is 4.74 Å². The van der Waals surface area contributed by atoms with Crippen LogP contribution in [0.4, 0.5) is 0 Å². The Morgan fingerprint density at radius 2 is 2.11 bits per heavy atom. The number of thiophene rings is 1. The molecule has 1 aromatic carbocycles. The van der Waals surface area contributed by atoms with E-state index < -0.39 is 0 Å². The molecule has 4 heteroatoms. The van der Waals surface area contributed by atoms with Crippen LogP contribution in [0.5, 0.6) is 5.75 Å². The first-order valence-corrected chi connectivity index (χ1v) is 9.57. The topological polar surface area (TPSA) is 9.23 Å². The molecule has 0 spiro atoms. The van der Waals surface area contributed by atoms with Crippen LogP contribution in [0.15, 0.2) is 30.3 Å². The first kappa shape index (κ1) is 13.7. The SMILES string of the molecule is CCCOc1ccc(Cl)cc1-c1ccc([SiH2]C)s1. The molecular formula is C14H17ClOSSi. The van der Waals surface area contributed by atoms with Crippen molar-refractivity contribution < 1.29 is 4.74 Å². The van der Waals surface area contributed by atoms with E-state index in [1.165, 1.54) is 9.38 Å². The molecule has 1 aromatic heterocycles. The largest absolute Gasteiger partial charge is 0.493 e. The van der Waals surface area contributed by atoms with Gasteiger partial charge in [0.1, 0.15) is 5.75 Å². The van der Waals surface area contributed by atoms with Crippen LogP contribution in [0, 0.1) is 0 Å². The number of benzene rings is 1. The molecule has 2 rings (SSSR count). The minimum absolute atomic E-state index is 0.0859. The van der Waals surface area contributed by atoms with Crippen molar-refractivity contribution in [3.05, 3.63) is 35.4 Å². The third-order valence-electron chi connectivity index (χ3n) is 2.68. The number of hydrogen-bond acceptors (Lipinski definition) is 2. The molecule has 0 saturated carbocycles. The fraction of sp³-hybridized carbons (Fsp3) is 0.286. The highest BCUT2D eigenvalue weighted by atomic mass is 35.5. The molecule has 1 nitrogen and oxygen atoms in total. The summed E-state index contributed by atoms with van der Waals surface area (Å²) in [6, 6.07) is 10.3. The minimum Gasteiger partial charge on any atom is -0.493 e. The van der Waals surface area contributed by atoms with E-state index in [4.69, 9.17) is 16.3 Å². The zero-order valence-electron chi connectivity index (χ0n) is 10.7. The molecule has 1 heterocycles. The minimum atomic E-state index is -0.0859. The van der Waals surface area contributed by atoms with Crippen LogP contribution in [-0.2, 0) is 0 Å². The lowest BCUT2D eigenvalue weighted by Gasteiger charge is -2.10. The third-order valence-corrected chi connectivity index (χ3v) is 6.12. The lowest BCUT2D eigenvalue weighted by Crippen LogP contribution is -2.01. The first-order chi connectivity index (χ1) is 8.74. The molecule has 0 N–H and O–H groups in total. The van der Waals surface area contributed by atoms with Gasteiger partial charge in [-0.25, -0.2) is 0 Å². The van der Waals surface area contributed by atoms with Gasteiger partial charge >= 0.3 is 0 Å². The van der Waals surface area contributed by atoms with Crippen LogP contribution in [-0.4, -0.2) is 16.1 Å². The maximum absolute atomic E-state index is 6.10. The van der Waals surface area contributed by atoms with Crippen molar-refractivity contribution >= 4 is 37.0 Å². The summed E-state index contributed by atoms with van der Waals surface area (Å²) in [5.74, 6) is 0.937. The fourth-order valence-corrected chi connectivity index (χ4v) is 4.14. The normalized spacial score (nSPS) is 11.3. The molecular weight excluding hydrogens is 280 g/mol. The monoisotopic (exact) mass is 296 g/mol. The van der Waals surface area contributed by atoms with E-state index in [2.05, 4.69) is 25.6 Å². The molecule has 0 aliphatic rings. The summed E-state index contributed by atoms with van der Waals surface area (Å²) in [6.45, 7) is 5.17. The summed E-state index contributed by atoms with van der Waals surface area (Å²) in [5, 5.41) is 0.762. The van der Waals surface area contributed by atoms with E-state index in [0.717, 1.165) is 29.4 Å². The van der Waals surface area contributed by atoms with Gasteiger partial charge in [-0.3, -0.25) is 0 Å². The second-order valence-electron chi connectivity index (χ2n) is 4.11. The first-order valence-electron chi connectivity index (χ1n) is 6.26. The standard InChI is InChI=1S/C14H17ClOSSi/c1-3-8-16-12-5-4-10(15)9-11(12)13-6-7-14(17-13)18-2/h4-7,9H,3,8,18H2,1-2H3. The van der Waals surface area contributed by atoms with Gasteiger partial charge in [0.05, 0.1) is 16.1 Å². The van der Waals surface area contributed by atoms with Crippen LogP contribution in [0.2, 0.25) is 11.6 Å². The van der Waals surface area contributed by atoms with E-state index in [1.807, 2.05) is 29.5 Å². The Bertz CT molecular complexity index is 524. The molecule has 96 valence electrons. The van der Waals surface area contributed by atoms with Gasteiger partial charge in [0.15, 0.2) is 0 Å². The Balaban J connectivity index is 2.37. The van der Waals surface area contributed by atoms with Gasteiger partial charge in [0.2, 0.25) is 0 Å². The maximum atomic E-state index is 6.10. The van der Waals surface area contributed by atoms with Crippen LogP contribution in [0.25, 0.3) is 10.4 Å². The molecule has 0 bridgehead atoms. The molecule has 0 amide bonds. The van der Waals surface area contributed by atoms with E-state index in [-0.39, 0.29) is 9.52 Å². The van der Waals surface area contributed by atoms with Gasteiger partial charge in [-0.15, -0.1) is 11.3 Å². The van der Waals surface area contributed by atoms with Gasteiger partial charge in [0.25, 0.3) is 0 Å². The highest BCUT2D eigenvalue weighted by Crippen LogP contribution is 2.34. The maximum Gasteiger partial charge on any atom is 0.128 e. The second kappa shape index (κ2) is 6.41. The molecule has 0 aliphatic carbocycles. The van der Waals surface area contributed by atoms with Crippen LogP contribution in [0.3, 0.4) is 0 Å². The Labute approximate surface area is 120 Å². The quantitative estimate of drug-likeness (QED) is 0.765. The van der Waals surface area contributed by atoms with E-state index in [0.29, 0.717) is 0 Å². The van der Waals surface area contributed by atoms with Crippen molar-refractivity contribution in [2.75, 3.05) is 6.61 Å². The molecule has 0 saturated heterocycles. The summed E-state index contributed by atoms with van der Waals surface area (Å²) < 4.78 is 7.32. The number of ether oxygens (including phenoxy) is 1. The van der Waals surface area contributed by atoms with Crippen LogP contribution >= 0.6 is 22.9 Å². The van der Waals surface area contributed by atoms with Crippen molar-refractivity contribution in [2.45, 2.75) is 19.9 Å². The molecule has 0 radical (unpaired) electrons. The highest BCUT2D eigenvalue weighted by molar-refractivity contribution is 7.24. The fourth-order valence-electron chi connectivity index (χ4n) is 1.75. The Kier molecular flexibility index (Phi) is 4.86. The van der Waals surface area contributed by atoms with Gasteiger partial charge in [-0.05, 0) is 35.2 Å². The van der Waals surface area contributed by atoms with Crippen molar-refractivity contribution in [2.24, 2.45) is 0 Å². The zero-order valence-corrected chi connectivity index (χ0v) is 13.7. The number of hydrogen-bond donors (Lipinski definition) is 0. The molecule has 0 unspecified atom stereocenters. The molecule has 18 heavy (non-hydrogen) atoms. The summed E-state index contributed by atoms with van der Waals surface area (Å²) in [7, 11) is -0.0859. The molecule has 0 fully saturated rings. The van der Waals surface area contributed by atoms with Gasteiger partial charge in [0, 0.05) is 15.5 Å². The van der Waals surface area contributed by atoms with Crippen molar-refractivity contribution in [1.29, 1.82) is 0 Å². The zero-order chi connectivity index (χ0) is 13.0. The van der Waals surface area contributed by atoms with Crippen LogP contribution in [0.1, 0.15) is 13.3 Å². The predicted molar refractivity (Wildman–Crippen MR) is 84.6 cm³/mol. The van der Waals surface area contributed by atoms with Gasteiger partial charge in [-0.1, -0.05) is 31.1 Å². The summed E-state index contributed by atoms with van der Waals surface area (Å²) in [6.07, 6.45) is 1.01. The highest BCUT2D eigenvalue weighted by Gasteiger charge is 2.09. The Morgan fingerprint density at radius 3 is 2.78 bits per heavy atom. The molecule has 2 aromatic rings.